The second-order valence-corrected chi connectivity index (χ2v) is 21.9. The summed E-state index contributed by atoms with van der Waals surface area (Å²) in [5.74, 6) is 0. The molecule has 68 heavy (non-hydrogen) atoms. The van der Waals surface area contributed by atoms with Gasteiger partial charge < -0.3 is 14.6 Å². The lowest BCUT2D eigenvalue weighted by Gasteiger charge is -2.51. The van der Waals surface area contributed by atoms with Crippen molar-refractivity contribution in [2.75, 3.05) is 14.6 Å². The van der Waals surface area contributed by atoms with Gasteiger partial charge in [-0.3, -0.25) is 0 Å². The number of hydrogen-bond donors (Lipinski definition) is 0. The molecule has 9 aromatic rings. The summed E-state index contributed by atoms with van der Waals surface area (Å²) >= 11 is 0. The third-order valence-corrected chi connectivity index (χ3v) is 15.2. The molecule has 0 saturated carbocycles. The molecule has 0 aromatic heterocycles. The van der Waals surface area contributed by atoms with Gasteiger partial charge in [-0.2, -0.15) is 0 Å². The molecule has 0 unspecified atom stereocenters. The second-order valence-electron chi connectivity index (χ2n) is 21.9. The normalized spacial score (nSPS) is 14.3. The Morgan fingerprint density at radius 1 is 0.500 bits per heavy atom. The highest BCUT2D eigenvalue weighted by atomic mass is 15.2. The number of fused-ring (bicyclic) bond motifs is 8. The molecule has 12 rings (SSSR count). The summed E-state index contributed by atoms with van der Waals surface area (Å²) in [6, 6.07) is 71.4. The van der Waals surface area contributed by atoms with Crippen molar-refractivity contribution in [1.29, 1.82) is 0 Å². The van der Waals surface area contributed by atoms with Crippen LogP contribution in [0.15, 0.2) is 188 Å². The summed E-state index contributed by atoms with van der Waals surface area (Å²) in [4.78, 5) is 7.74. The zero-order valence-corrected chi connectivity index (χ0v) is 40.8. The first-order valence-corrected chi connectivity index (χ1v) is 24.4. The van der Waals surface area contributed by atoms with E-state index in [0.717, 1.165) is 17.1 Å². The maximum atomic E-state index is 2.65. The Labute approximate surface area is 403 Å². The molecular weight excluding hydrogens is 822 g/mol. The van der Waals surface area contributed by atoms with Crippen LogP contribution in [0.1, 0.15) is 83.2 Å². The molecule has 0 radical (unpaired) electrons. The van der Waals surface area contributed by atoms with Gasteiger partial charge in [0.2, 0.25) is 0 Å². The summed E-state index contributed by atoms with van der Waals surface area (Å²) in [5.41, 5.74) is 23.6. The van der Waals surface area contributed by atoms with E-state index >= 15 is 0 Å². The maximum Gasteiger partial charge on any atom is 0.333 e. The highest BCUT2D eigenvalue weighted by molar-refractivity contribution is 6.93. The molecule has 0 N–H and O–H groups in total. The predicted octanol–water partition coefficient (Wildman–Crippen LogP) is 16.2. The van der Waals surface area contributed by atoms with Crippen LogP contribution in [0.3, 0.4) is 0 Å². The first-order chi connectivity index (χ1) is 32.7. The quantitative estimate of drug-likeness (QED) is 0.160. The number of hydrogen-bond acceptors (Lipinski definition) is 3. The first kappa shape index (κ1) is 42.1. The van der Waals surface area contributed by atoms with Crippen molar-refractivity contribution in [3.8, 4) is 22.3 Å². The lowest BCUT2D eigenvalue weighted by Crippen LogP contribution is -2.62. The van der Waals surface area contributed by atoms with E-state index in [4.69, 9.17) is 0 Å². The lowest BCUT2D eigenvalue weighted by atomic mass is 9.42. The van der Waals surface area contributed by atoms with Crippen molar-refractivity contribution in [1.82, 2.24) is 0 Å². The van der Waals surface area contributed by atoms with Gasteiger partial charge in [-0.1, -0.05) is 177 Å². The maximum absolute atomic E-state index is 2.65. The van der Waals surface area contributed by atoms with Crippen LogP contribution in [0.25, 0.3) is 33.0 Å². The molecule has 3 aliphatic rings. The van der Waals surface area contributed by atoms with Gasteiger partial charge in [-0.15, -0.1) is 0 Å². The SMILES string of the molecule is Cc1ccccc1-c1cc2c3c(c1)N1c4ccc5ccccc5c4C(C)(C)c4cccc(c41)B3N(c1ccccc1)c1cc(N(c3ccc(C(C)(C)C)cc3)c3ccc(C(C)(C)C)cc3)ccc1-2. The van der Waals surface area contributed by atoms with Crippen molar-refractivity contribution in [3.63, 3.8) is 0 Å². The summed E-state index contributed by atoms with van der Waals surface area (Å²) in [6.45, 7) is 20.7. The minimum absolute atomic E-state index is 0.0421. The summed E-state index contributed by atoms with van der Waals surface area (Å²) in [6.07, 6.45) is 0. The van der Waals surface area contributed by atoms with Crippen LogP contribution < -0.4 is 25.5 Å². The van der Waals surface area contributed by atoms with Gasteiger partial charge in [0.05, 0.1) is 5.69 Å². The molecule has 0 spiro atoms. The molecule has 332 valence electrons. The van der Waals surface area contributed by atoms with Crippen molar-refractivity contribution in [3.05, 3.63) is 216 Å². The van der Waals surface area contributed by atoms with E-state index in [1.807, 2.05) is 0 Å². The van der Waals surface area contributed by atoms with E-state index < -0.39 is 0 Å². The second kappa shape index (κ2) is 15.1. The fourth-order valence-corrected chi connectivity index (χ4v) is 11.7. The van der Waals surface area contributed by atoms with E-state index in [1.165, 1.54) is 100 Å². The molecule has 0 aliphatic carbocycles. The molecule has 0 amide bonds. The first-order valence-electron chi connectivity index (χ1n) is 24.4. The fraction of sp³-hybridized carbons (Fsp3) is 0.188. The fourth-order valence-electron chi connectivity index (χ4n) is 11.7. The molecular formula is C64H58BN3. The molecule has 3 nitrogen and oxygen atoms in total. The zero-order chi connectivity index (χ0) is 46.9. The summed E-state index contributed by atoms with van der Waals surface area (Å²) in [5, 5.41) is 2.58. The van der Waals surface area contributed by atoms with Gasteiger partial charge in [0.15, 0.2) is 0 Å². The van der Waals surface area contributed by atoms with Crippen molar-refractivity contribution in [2.45, 2.75) is 78.6 Å². The average molecular weight is 880 g/mol. The molecule has 0 saturated heterocycles. The third-order valence-electron chi connectivity index (χ3n) is 15.2. The van der Waals surface area contributed by atoms with Crippen LogP contribution in [0.4, 0.5) is 45.5 Å². The van der Waals surface area contributed by atoms with Gasteiger partial charge in [-0.05, 0) is 151 Å². The Morgan fingerprint density at radius 3 is 1.81 bits per heavy atom. The monoisotopic (exact) mass is 879 g/mol. The van der Waals surface area contributed by atoms with Crippen LogP contribution in [-0.2, 0) is 16.2 Å². The van der Waals surface area contributed by atoms with Crippen LogP contribution in [0.2, 0.25) is 0 Å². The van der Waals surface area contributed by atoms with E-state index in [1.54, 1.807) is 0 Å². The van der Waals surface area contributed by atoms with Crippen LogP contribution in [0.5, 0.6) is 0 Å². The smallest absolute Gasteiger partial charge is 0.333 e. The molecule has 3 aliphatic heterocycles. The van der Waals surface area contributed by atoms with Gasteiger partial charge in [0.1, 0.15) is 0 Å². The number of benzene rings is 9. The van der Waals surface area contributed by atoms with E-state index in [2.05, 4.69) is 265 Å². The van der Waals surface area contributed by atoms with Gasteiger partial charge in [0, 0.05) is 50.8 Å². The number of aryl methyl sites for hydroxylation is 1. The number of anilines is 8. The number of para-hydroxylation sites is 2. The van der Waals surface area contributed by atoms with Gasteiger partial charge >= 0.3 is 6.85 Å². The largest absolute Gasteiger partial charge is 0.376 e. The third kappa shape index (κ3) is 6.40. The molecule has 0 fully saturated rings. The number of nitrogens with zero attached hydrogens (tertiary/aromatic N) is 3. The molecule has 0 bridgehead atoms. The van der Waals surface area contributed by atoms with E-state index in [9.17, 15) is 0 Å². The van der Waals surface area contributed by atoms with Crippen LogP contribution in [-0.4, -0.2) is 6.85 Å². The van der Waals surface area contributed by atoms with Crippen LogP contribution in [0, 0.1) is 6.92 Å². The average Bonchev–Trinajstić information content (AvgIpc) is 3.33. The topological polar surface area (TPSA) is 9.72 Å². The van der Waals surface area contributed by atoms with Crippen LogP contribution >= 0.6 is 0 Å². The van der Waals surface area contributed by atoms with Crippen molar-refractivity contribution < 1.29 is 0 Å². The lowest BCUT2D eigenvalue weighted by molar-refractivity contribution is 0.590. The Kier molecular flexibility index (Phi) is 9.35. The highest BCUT2D eigenvalue weighted by Gasteiger charge is 2.50. The Bertz CT molecular complexity index is 3410. The minimum atomic E-state index is -0.269. The minimum Gasteiger partial charge on any atom is -0.376 e. The summed E-state index contributed by atoms with van der Waals surface area (Å²) < 4.78 is 0. The predicted molar refractivity (Wildman–Crippen MR) is 292 cm³/mol. The molecule has 4 heteroatoms. The van der Waals surface area contributed by atoms with E-state index in [0.29, 0.717) is 0 Å². The highest BCUT2D eigenvalue weighted by Crippen LogP contribution is 2.57. The van der Waals surface area contributed by atoms with Gasteiger partial charge in [-0.25, -0.2) is 0 Å². The zero-order valence-electron chi connectivity index (χ0n) is 40.8. The molecule has 0 atom stereocenters. The Morgan fingerprint density at radius 2 is 1.13 bits per heavy atom. The molecule has 3 heterocycles. The number of rotatable bonds is 5. The van der Waals surface area contributed by atoms with Crippen molar-refractivity contribution >= 4 is 74.0 Å². The van der Waals surface area contributed by atoms with E-state index in [-0.39, 0.29) is 23.1 Å². The summed E-state index contributed by atoms with van der Waals surface area (Å²) in [7, 11) is 0. The van der Waals surface area contributed by atoms with Gasteiger partial charge in [0.25, 0.3) is 0 Å². The Balaban J connectivity index is 1.16. The Hall–Kier alpha value is -7.30. The van der Waals surface area contributed by atoms with Crippen molar-refractivity contribution in [2.24, 2.45) is 0 Å². The molecule has 9 aromatic carbocycles. The standard InChI is InChI=1S/C64H58BN3/c1-41-18-13-15-22-50(41)43-38-53-52-36-35-49(66(46-31-27-44(28-32-46)62(2,3)4)47-33-29-45(30-34-47)63(5,6)7)40-57(52)68(48-20-11-10-12-21-48)65-55-25-17-24-54-61(55)67(58(39-43)60(53)65)56-37-26-42-19-14-16-23-51(42)59(56)64(54,8)9/h10-40H,1-9H3.